The third-order valence-corrected chi connectivity index (χ3v) is 3.57. The SMILES string of the molecule is CN(C)c1ncccc1C(=O)N1CCC(C(=O)O)CC1. The van der Waals surface area contributed by atoms with E-state index in [-0.39, 0.29) is 11.8 Å². The topological polar surface area (TPSA) is 73.7 Å². The van der Waals surface area contributed by atoms with E-state index in [1.165, 1.54) is 0 Å². The van der Waals surface area contributed by atoms with Crippen LogP contribution in [0.4, 0.5) is 5.82 Å². The van der Waals surface area contributed by atoms with Gasteiger partial charge >= 0.3 is 5.97 Å². The Labute approximate surface area is 118 Å². The number of piperidine rings is 1. The van der Waals surface area contributed by atoms with E-state index >= 15 is 0 Å². The fourth-order valence-corrected chi connectivity index (χ4v) is 2.42. The Morgan fingerprint density at radius 1 is 1.35 bits per heavy atom. The number of likely N-dealkylation sites (tertiary alicyclic amines) is 1. The van der Waals surface area contributed by atoms with Gasteiger partial charge in [-0.2, -0.15) is 0 Å². The quantitative estimate of drug-likeness (QED) is 0.895. The molecule has 6 heteroatoms. The molecule has 1 N–H and O–H groups in total. The molecule has 1 saturated heterocycles. The lowest BCUT2D eigenvalue weighted by molar-refractivity contribution is -0.143. The van der Waals surface area contributed by atoms with Crippen LogP contribution in [0.15, 0.2) is 18.3 Å². The van der Waals surface area contributed by atoms with Crippen LogP contribution in [0.3, 0.4) is 0 Å². The third kappa shape index (κ3) is 2.89. The first-order valence-corrected chi connectivity index (χ1v) is 6.65. The Morgan fingerprint density at radius 3 is 2.55 bits per heavy atom. The van der Waals surface area contributed by atoms with Gasteiger partial charge in [-0.05, 0) is 25.0 Å². The van der Waals surface area contributed by atoms with E-state index in [2.05, 4.69) is 4.98 Å². The zero-order valence-corrected chi connectivity index (χ0v) is 11.7. The molecule has 0 atom stereocenters. The number of nitrogens with zero attached hydrogens (tertiary/aromatic N) is 3. The summed E-state index contributed by atoms with van der Waals surface area (Å²) in [5, 5.41) is 8.98. The standard InChI is InChI=1S/C14H19N3O3/c1-16(2)12-11(4-3-7-15-12)13(18)17-8-5-10(6-9-17)14(19)20/h3-4,7,10H,5-6,8-9H2,1-2H3,(H,19,20). The lowest BCUT2D eigenvalue weighted by atomic mass is 9.96. The Hall–Kier alpha value is -2.11. The molecule has 1 aromatic rings. The molecule has 108 valence electrons. The van der Waals surface area contributed by atoms with Crippen molar-refractivity contribution in [3.8, 4) is 0 Å². The fraction of sp³-hybridized carbons (Fsp3) is 0.500. The largest absolute Gasteiger partial charge is 0.481 e. The van der Waals surface area contributed by atoms with Gasteiger partial charge in [0.2, 0.25) is 0 Å². The monoisotopic (exact) mass is 277 g/mol. The second-order valence-corrected chi connectivity index (χ2v) is 5.17. The second-order valence-electron chi connectivity index (χ2n) is 5.17. The van der Waals surface area contributed by atoms with Gasteiger partial charge in [-0.25, -0.2) is 4.98 Å². The van der Waals surface area contributed by atoms with Gasteiger partial charge < -0.3 is 14.9 Å². The van der Waals surface area contributed by atoms with Crippen LogP contribution < -0.4 is 4.90 Å². The van der Waals surface area contributed by atoms with Crippen LogP contribution >= 0.6 is 0 Å². The molecule has 1 amide bonds. The van der Waals surface area contributed by atoms with E-state index in [1.807, 2.05) is 14.1 Å². The molecule has 1 aliphatic rings. The highest BCUT2D eigenvalue weighted by Gasteiger charge is 2.28. The van der Waals surface area contributed by atoms with Crippen molar-refractivity contribution >= 4 is 17.7 Å². The zero-order chi connectivity index (χ0) is 14.7. The van der Waals surface area contributed by atoms with E-state index in [4.69, 9.17) is 5.11 Å². The van der Waals surface area contributed by atoms with Crippen LogP contribution in [-0.2, 0) is 4.79 Å². The molecule has 0 saturated carbocycles. The predicted octanol–water partition coefficient (Wildman–Crippen LogP) is 1.08. The van der Waals surface area contributed by atoms with Crippen molar-refractivity contribution in [1.82, 2.24) is 9.88 Å². The van der Waals surface area contributed by atoms with Gasteiger partial charge in [0.15, 0.2) is 0 Å². The van der Waals surface area contributed by atoms with Gasteiger partial charge in [-0.3, -0.25) is 9.59 Å². The van der Waals surface area contributed by atoms with Crippen LogP contribution in [0.25, 0.3) is 0 Å². The Kier molecular flexibility index (Phi) is 4.22. The molecule has 1 aromatic heterocycles. The highest BCUT2D eigenvalue weighted by Crippen LogP contribution is 2.22. The number of pyridine rings is 1. The summed E-state index contributed by atoms with van der Waals surface area (Å²) in [6.45, 7) is 0.967. The number of aromatic nitrogens is 1. The number of carboxylic acids is 1. The van der Waals surface area contributed by atoms with E-state index in [0.29, 0.717) is 37.3 Å². The molecule has 0 spiro atoms. The number of carbonyl (C=O) groups is 2. The maximum absolute atomic E-state index is 12.5. The summed E-state index contributed by atoms with van der Waals surface area (Å²) >= 11 is 0. The maximum atomic E-state index is 12.5. The second kappa shape index (κ2) is 5.90. The minimum Gasteiger partial charge on any atom is -0.481 e. The predicted molar refractivity (Wildman–Crippen MR) is 74.8 cm³/mol. The number of carboxylic acid groups (broad SMARTS) is 1. The molecular formula is C14H19N3O3. The molecule has 2 heterocycles. The molecule has 6 nitrogen and oxygen atoms in total. The smallest absolute Gasteiger partial charge is 0.306 e. The molecular weight excluding hydrogens is 258 g/mol. The summed E-state index contributed by atoms with van der Waals surface area (Å²) in [5.41, 5.74) is 0.561. The van der Waals surface area contributed by atoms with Crippen LogP contribution in [0.1, 0.15) is 23.2 Å². The number of carbonyl (C=O) groups excluding carboxylic acids is 1. The summed E-state index contributed by atoms with van der Waals surface area (Å²) in [5.74, 6) is -0.544. The summed E-state index contributed by atoms with van der Waals surface area (Å²) in [6, 6.07) is 3.50. The van der Waals surface area contributed by atoms with Crippen LogP contribution in [0.2, 0.25) is 0 Å². The molecule has 0 radical (unpaired) electrons. The first kappa shape index (κ1) is 14.3. The highest BCUT2D eigenvalue weighted by atomic mass is 16.4. The van der Waals surface area contributed by atoms with Crippen LogP contribution in [0.5, 0.6) is 0 Å². The molecule has 20 heavy (non-hydrogen) atoms. The minimum absolute atomic E-state index is 0.0781. The van der Waals surface area contributed by atoms with Crippen molar-refractivity contribution in [3.05, 3.63) is 23.9 Å². The van der Waals surface area contributed by atoms with Gasteiger partial charge in [0.1, 0.15) is 5.82 Å². The van der Waals surface area contributed by atoms with E-state index in [0.717, 1.165) is 0 Å². The van der Waals surface area contributed by atoms with Gasteiger partial charge in [0.05, 0.1) is 11.5 Å². The van der Waals surface area contributed by atoms with Crippen molar-refractivity contribution < 1.29 is 14.7 Å². The molecule has 0 aliphatic carbocycles. The van der Waals surface area contributed by atoms with Crippen LogP contribution in [0, 0.1) is 5.92 Å². The number of amides is 1. The molecule has 1 fully saturated rings. The first-order valence-electron chi connectivity index (χ1n) is 6.65. The van der Waals surface area contributed by atoms with Crippen molar-refractivity contribution in [2.24, 2.45) is 5.92 Å². The number of aliphatic carboxylic acids is 1. The maximum Gasteiger partial charge on any atom is 0.306 e. The highest BCUT2D eigenvalue weighted by molar-refractivity contribution is 5.99. The summed E-state index contributed by atoms with van der Waals surface area (Å²) in [4.78, 5) is 31.2. The van der Waals surface area contributed by atoms with Crippen molar-refractivity contribution in [2.75, 3.05) is 32.1 Å². The zero-order valence-electron chi connectivity index (χ0n) is 11.7. The average Bonchev–Trinajstić information content (AvgIpc) is 2.46. The summed E-state index contributed by atoms with van der Waals surface area (Å²) < 4.78 is 0. The normalized spacial score (nSPS) is 16.0. The van der Waals surface area contributed by atoms with Gasteiger partial charge in [0.25, 0.3) is 5.91 Å². The molecule has 2 rings (SSSR count). The van der Waals surface area contributed by atoms with Crippen molar-refractivity contribution in [3.63, 3.8) is 0 Å². The van der Waals surface area contributed by atoms with E-state index in [9.17, 15) is 9.59 Å². The van der Waals surface area contributed by atoms with Gasteiger partial charge in [-0.15, -0.1) is 0 Å². The van der Waals surface area contributed by atoms with Crippen LogP contribution in [-0.4, -0.2) is 54.1 Å². The minimum atomic E-state index is -0.771. The summed E-state index contributed by atoms with van der Waals surface area (Å²) in [6.07, 6.45) is 2.68. The van der Waals surface area contributed by atoms with Crippen molar-refractivity contribution in [1.29, 1.82) is 0 Å². The van der Waals surface area contributed by atoms with Gasteiger partial charge in [-0.1, -0.05) is 0 Å². The Balaban J connectivity index is 2.11. The number of rotatable bonds is 3. The number of anilines is 1. The Bertz CT molecular complexity index is 508. The van der Waals surface area contributed by atoms with E-state index < -0.39 is 5.97 Å². The lowest BCUT2D eigenvalue weighted by Gasteiger charge is -2.31. The molecule has 0 bridgehead atoms. The first-order chi connectivity index (χ1) is 9.50. The Morgan fingerprint density at radius 2 is 2.00 bits per heavy atom. The molecule has 0 unspecified atom stereocenters. The van der Waals surface area contributed by atoms with Gasteiger partial charge in [0, 0.05) is 33.4 Å². The van der Waals surface area contributed by atoms with E-state index in [1.54, 1.807) is 28.1 Å². The molecule has 0 aromatic carbocycles. The third-order valence-electron chi connectivity index (χ3n) is 3.57. The number of hydrogen-bond donors (Lipinski definition) is 1. The lowest BCUT2D eigenvalue weighted by Crippen LogP contribution is -2.40. The van der Waals surface area contributed by atoms with Crippen molar-refractivity contribution in [2.45, 2.75) is 12.8 Å². The average molecular weight is 277 g/mol. The summed E-state index contributed by atoms with van der Waals surface area (Å²) in [7, 11) is 3.69. The fourth-order valence-electron chi connectivity index (χ4n) is 2.42. The number of hydrogen-bond acceptors (Lipinski definition) is 4. The molecule has 1 aliphatic heterocycles.